The van der Waals surface area contributed by atoms with Crippen LogP contribution in [0.1, 0.15) is 19.4 Å². The summed E-state index contributed by atoms with van der Waals surface area (Å²) in [4.78, 5) is 8.63. The third-order valence-corrected chi connectivity index (χ3v) is 2.76. The Balaban J connectivity index is 2.43. The normalized spacial score (nSPS) is 24.0. The maximum absolute atomic E-state index is 6.16. The summed E-state index contributed by atoms with van der Waals surface area (Å²) in [5.41, 5.74) is 12.8. The Morgan fingerprint density at radius 2 is 1.88 bits per heavy atom. The minimum absolute atomic E-state index is 0.107. The Morgan fingerprint density at radius 1 is 1.24 bits per heavy atom. The van der Waals surface area contributed by atoms with Gasteiger partial charge in [-0.1, -0.05) is 44.2 Å². The van der Waals surface area contributed by atoms with Crippen molar-refractivity contribution in [3.8, 4) is 0 Å². The molecule has 2 rings (SSSR count). The van der Waals surface area contributed by atoms with E-state index in [0.717, 1.165) is 5.56 Å². The van der Waals surface area contributed by atoms with Crippen LogP contribution in [0.4, 0.5) is 0 Å². The lowest BCUT2D eigenvalue weighted by Gasteiger charge is -2.33. The topological polar surface area (TPSA) is 88.8 Å². The van der Waals surface area contributed by atoms with Crippen LogP contribution in [-0.4, -0.2) is 17.6 Å². The van der Waals surface area contributed by atoms with Crippen molar-refractivity contribution in [1.82, 2.24) is 5.32 Å². The van der Waals surface area contributed by atoms with Gasteiger partial charge < -0.3 is 11.1 Å². The van der Waals surface area contributed by atoms with E-state index >= 15 is 0 Å². The molecule has 0 spiro atoms. The lowest BCUT2D eigenvalue weighted by atomic mass is 10.1. The smallest absolute Gasteiger partial charge is 0.198 e. The number of aliphatic imine (C=N–C) groups is 2. The van der Waals surface area contributed by atoms with Gasteiger partial charge in [0.25, 0.3) is 0 Å². The van der Waals surface area contributed by atoms with Crippen molar-refractivity contribution in [3.05, 3.63) is 35.9 Å². The van der Waals surface area contributed by atoms with Gasteiger partial charge in [-0.15, -0.1) is 0 Å². The summed E-state index contributed by atoms with van der Waals surface area (Å²) in [5, 5.41) is 2.91. The highest BCUT2D eigenvalue weighted by atomic mass is 15.4. The lowest BCUT2D eigenvalue weighted by Crippen LogP contribution is -2.62. The molecular formula is C12H17N5. The molecule has 90 valence electrons. The highest BCUT2D eigenvalue weighted by Crippen LogP contribution is 2.17. The number of benzene rings is 1. The van der Waals surface area contributed by atoms with Crippen LogP contribution >= 0.6 is 0 Å². The van der Waals surface area contributed by atoms with Gasteiger partial charge in [-0.05, 0) is 0 Å². The number of hydrogen-bond acceptors (Lipinski definition) is 5. The molecule has 5 heteroatoms. The summed E-state index contributed by atoms with van der Waals surface area (Å²) >= 11 is 0. The molecule has 1 aromatic carbocycles. The molecule has 0 amide bonds. The van der Waals surface area contributed by atoms with Crippen LogP contribution in [0.2, 0.25) is 0 Å². The van der Waals surface area contributed by atoms with Crippen LogP contribution in [0.25, 0.3) is 0 Å². The summed E-state index contributed by atoms with van der Waals surface area (Å²) in [5.74, 6) is 0.0835. The first-order valence-corrected chi connectivity index (χ1v) is 5.58. The number of amidine groups is 1. The quantitative estimate of drug-likeness (QED) is 0.697. The largest absolute Gasteiger partial charge is 0.370 e. The Kier molecular flexibility index (Phi) is 2.85. The molecule has 17 heavy (non-hydrogen) atoms. The standard InChI is InChI=1S/C12H17N5/c1-8(2)12(14)16-10(15-11(13)17-12)9-6-4-3-5-7-9/h3-8H,14H2,1-2H3,(H3,13,15,16,17). The summed E-state index contributed by atoms with van der Waals surface area (Å²) < 4.78 is 0. The summed E-state index contributed by atoms with van der Waals surface area (Å²) in [6, 6.07) is 9.66. The van der Waals surface area contributed by atoms with Crippen molar-refractivity contribution < 1.29 is 0 Å². The first-order chi connectivity index (χ1) is 8.01. The first kappa shape index (κ1) is 11.6. The summed E-state index contributed by atoms with van der Waals surface area (Å²) in [7, 11) is 0. The zero-order valence-corrected chi connectivity index (χ0v) is 10.0. The number of nitrogens with one attached hydrogen (secondary N) is 1. The molecule has 0 fully saturated rings. The Bertz CT molecular complexity index is 463. The Labute approximate surface area is 101 Å². The van der Waals surface area contributed by atoms with Crippen molar-refractivity contribution in [3.63, 3.8) is 0 Å². The summed E-state index contributed by atoms with van der Waals surface area (Å²) in [6.45, 7) is 3.97. The molecule has 0 radical (unpaired) electrons. The van der Waals surface area contributed by atoms with E-state index < -0.39 is 5.79 Å². The fourth-order valence-corrected chi connectivity index (χ4v) is 1.57. The second-order valence-corrected chi connectivity index (χ2v) is 4.40. The Hall–Kier alpha value is -1.88. The average molecular weight is 231 g/mol. The molecule has 0 aromatic heterocycles. The van der Waals surface area contributed by atoms with Gasteiger partial charge in [0.05, 0.1) is 0 Å². The molecule has 1 aliphatic rings. The minimum atomic E-state index is -0.892. The van der Waals surface area contributed by atoms with E-state index in [0.29, 0.717) is 11.8 Å². The molecule has 0 saturated carbocycles. The van der Waals surface area contributed by atoms with E-state index in [-0.39, 0.29) is 5.92 Å². The fourth-order valence-electron chi connectivity index (χ4n) is 1.57. The maximum atomic E-state index is 6.16. The van der Waals surface area contributed by atoms with Crippen molar-refractivity contribution in [2.45, 2.75) is 19.6 Å². The number of guanidine groups is 1. The van der Waals surface area contributed by atoms with Crippen molar-refractivity contribution in [2.24, 2.45) is 27.4 Å². The molecule has 5 nitrogen and oxygen atoms in total. The van der Waals surface area contributed by atoms with Gasteiger partial charge in [-0.3, -0.25) is 5.73 Å². The average Bonchev–Trinajstić information content (AvgIpc) is 2.29. The van der Waals surface area contributed by atoms with Gasteiger partial charge >= 0.3 is 0 Å². The van der Waals surface area contributed by atoms with Gasteiger partial charge in [-0.2, -0.15) is 4.99 Å². The third-order valence-electron chi connectivity index (χ3n) is 2.76. The van der Waals surface area contributed by atoms with Crippen molar-refractivity contribution in [1.29, 1.82) is 0 Å². The van der Waals surface area contributed by atoms with E-state index in [1.54, 1.807) is 0 Å². The monoisotopic (exact) mass is 231 g/mol. The molecule has 1 heterocycles. The van der Waals surface area contributed by atoms with Gasteiger partial charge in [-0.25, -0.2) is 4.99 Å². The van der Waals surface area contributed by atoms with Crippen molar-refractivity contribution in [2.75, 3.05) is 0 Å². The fraction of sp³-hybridized carbons (Fsp3) is 0.333. The molecule has 1 atom stereocenters. The van der Waals surface area contributed by atoms with Gasteiger partial charge in [0.1, 0.15) is 0 Å². The Morgan fingerprint density at radius 3 is 2.47 bits per heavy atom. The third kappa shape index (κ3) is 2.29. The second kappa shape index (κ2) is 4.18. The van der Waals surface area contributed by atoms with Crippen LogP contribution in [0.3, 0.4) is 0 Å². The van der Waals surface area contributed by atoms with Crippen molar-refractivity contribution >= 4 is 11.8 Å². The molecule has 1 aromatic rings. The van der Waals surface area contributed by atoms with E-state index in [1.807, 2.05) is 44.2 Å². The number of nitrogens with two attached hydrogens (primary N) is 2. The minimum Gasteiger partial charge on any atom is -0.370 e. The van der Waals surface area contributed by atoms with E-state index in [2.05, 4.69) is 15.3 Å². The van der Waals surface area contributed by atoms with Gasteiger partial charge in [0.2, 0.25) is 0 Å². The number of hydrogen-bond donors (Lipinski definition) is 3. The van der Waals surface area contributed by atoms with Crippen LogP contribution in [0.5, 0.6) is 0 Å². The number of rotatable bonds is 2. The van der Waals surface area contributed by atoms with Crippen LogP contribution in [0.15, 0.2) is 40.3 Å². The lowest BCUT2D eigenvalue weighted by molar-refractivity contribution is 0.293. The zero-order valence-electron chi connectivity index (χ0n) is 10.0. The maximum Gasteiger partial charge on any atom is 0.198 e. The van der Waals surface area contributed by atoms with Crippen LogP contribution < -0.4 is 16.8 Å². The molecule has 1 aliphatic heterocycles. The van der Waals surface area contributed by atoms with E-state index in [1.165, 1.54) is 0 Å². The summed E-state index contributed by atoms with van der Waals surface area (Å²) in [6.07, 6.45) is 0. The highest BCUT2D eigenvalue weighted by molar-refractivity contribution is 6.07. The van der Waals surface area contributed by atoms with Gasteiger partial charge in [0.15, 0.2) is 17.6 Å². The predicted molar refractivity (Wildman–Crippen MR) is 69.5 cm³/mol. The molecule has 0 saturated heterocycles. The highest BCUT2D eigenvalue weighted by Gasteiger charge is 2.32. The first-order valence-electron chi connectivity index (χ1n) is 5.58. The molecular weight excluding hydrogens is 214 g/mol. The second-order valence-electron chi connectivity index (χ2n) is 4.40. The zero-order chi connectivity index (χ0) is 12.5. The predicted octanol–water partition coefficient (Wildman–Crippen LogP) is 0.620. The van der Waals surface area contributed by atoms with E-state index in [9.17, 15) is 0 Å². The molecule has 1 unspecified atom stereocenters. The van der Waals surface area contributed by atoms with Crippen LogP contribution in [-0.2, 0) is 0 Å². The molecule has 0 aliphatic carbocycles. The van der Waals surface area contributed by atoms with E-state index in [4.69, 9.17) is 11.5 Å². The SMILES string of the molecule is CC(C)C1(N)N=C(c2ccccc2)N=C(N)N1. The van der Waals surface area contributed by atoms with Crippen LogP contribution in [0, 0.1) is 5.92 Å². The van der Waals surface area contributed by atoms with Gasteiger partial charge in [0, 0.05) is 11.5 Å². The molecule has 5 N–H and O–H groups in total. The number of nitrogens with zero attached hydrogens (tertiary/aromatic N) is 2. The molecule has 0 bridgehead atoms.